The average Bonchev–Trinajstić information content (AvgIpc) is 2.63. The summed E-state index contributed by atoms with van der Waals surface area (Å²) < 4.78 is 16.2. The molecular weight excluding hydrogens is 347 g/mol. The first-order valence-corrected chi connectivity index (χ1v) is 8.72. The second-order valence-corrected chi connectivity index (χ2v) is 6.88. The van der Waals surface area contributed by atoms with Gasteiger partial charge in [0.1, 0.15) is 5.82 Å². The van der Waals surface area contributed by atoms with Gasteiger partial charge < -0.3 is 15.4 Å². The van der Waals surface area contributed by atoms with Crippen LogP contribution in [0.15, 0.2) is 47.3 Å². The first kappa shape index (κ1) is 18.8. The molecule has 6 heteroatoms. The van der Waals surface area contributed by atoms with Crippen molar-refractivity contribution in [2.24, 2.45) is 11.7 Å². The molecule has 0 unspecified atom stereocenters. The maximum Gasteiger partial charge on any atom is 0.335 e. The van der Waals surface area contributed by atoms with Gasteiger partial charge in [-0.1, -0.05) is 32.0 Å². The van der Waals surface area contributed by atoms with E-state index in [2.05, 4.69) is 0 Å². The molecule has 2 aromatic carbocycles. The molecule has 0 aliphatic carbocycles. The van der Waals surface area contributed by atoms with Crippen molar-refractivity contribution in [2.45, 2.75) is 26.9 Å². The Kier molecular flexibility index (Phi) is 5.10. The molecule has 0 spiro atoms. The highest BCUT2D eigenvalue weighted by Crippen LogP contribution is 2.33. The predicted octanol–water partition coefficient (Wildman–Crippen LogP) is 3.62. The van der Waals surface area contributed by atoms with Crippen molar-refractivity contribution in [3.8, 4) is 11.1 Å². The Morgan fingerprint density at radius 1 is 1.19 bits per heavy atom. The largest absolute Gasteiger partial charge is 0.478 e. The van der Waals surface area contributed by atoms with Gasteiger partial charge in [0, 0.05) is 35.3 Å². The summed E-state index contributed by atoms with van der Waals surface area (Å²) in [5.41, 5.74) is 7.01. The number of benzene rings is 2. The Bertz CT molecular complexity index is 1090. The topological polar surface area (TPSA) is 85.3 Å². The fourth-order valence-corrected chi connectivity index (χ4v) is 3.36. The minimum absolute atomic E-state index is 0.0267. The monoisotopic (exact) mass is 368 g/mol. The van der Waals surface area contributed by atoms with Gasteiger partial charge in [0.2, 0.25) is 0 Å². The van der Waals surface area contributed by atoms with Gasteiger partial charge in [0.05, 0.1) is 5.56 Å². The van der Waals surface area contributed by atoms with Crippen LogP contribution in [0.1, 0.15) is 29.9 Å². The van der Waals surface area contributed by atoms with E-state index in [1.165, 1.54) is 24.3 Å². The summed E-state index contributed by atoms with van der Waals surface area (Å²) in [6.45, 7) is 4.42. The number of carboxylic acid groups (broad SMARTS) is 1. The van der Waals surface area contributed by atoms with Crippen LogP contribution in [0.5, 0.6) is 0 Å². The maximum absolute atomic E-state index is 14.6. The van der Waals surface area contributed by atoms with E-state index in [-0.39, 0.29) is 23.6 Å². The zero-order chi connectivity index (χ0) is 19.7. The lowest BCUT2D eigenvalue weighted by atomic mass is 9.94. The molecule has 0 atom stereocenters. The van der Waals surface area contributed by atoms with E-state index < -0.39 is 11.8 Å². The summed E-state index contributed by atoms with van der Waals surface area (Å²) in [6.07, 6.45) is 0. The highest BCUT2D eigenvalue weighted by molar-refractivity contribution is 6.01. The lowest BCUT2D eigenvalue weighted by Gasteiger charge is -2.21. The number of halogens is 1. The molecule has 5 nitrogen and oxygen atoms in total. The van der Waals surface area contributed by atoms with Crippen LogP contribution in [0.3, 0.4) is 0 Å². The number of fused-ring (bicyclic) bond motifs is 1. The molecule has 3 N–H and O–H groups in total. The summed E-state index contributed by atoms with van der Waals surface area (Å²) in [4.78, 5) is 24.5. The third-order valence-electron chi connectivity index (χ3n) is 4.51. The first-order chi connectivity index (χ1) is 12.8. The van der Waals surface area contributed by atoms with Gasteiger partial charge in [-0.3, -0.25) is 4.79 Å². The van der Waals surface area contributed by atoms with Crippen LogP contribution < -0.4 is 11.3 Å². The summed E-state index contributed by atoms with van der Waals surface area (Å²) in [7, 11) is 0. The second kappa shape index (κ2) is 7.32. The fraction of sp³-hybridized carbons (Fsp3) is 0.238. The molecule has 0 aliphatic rings. The highest BCUT2D eigenvalue weighted by Gasteiger charge is 2.21. The summed E-state index contributed by atoms with van der Waals surface area (Å²) in [5, 5.41) is 10.1. The quantitative estimate of drug-likeness (QED) is 0.720. The third-order valence-corrected chi connectivity index (χ3v) is 4.51. The Balaban J connectivity index is 2.53. The van der Waals surface area contributed by atoms with E-state index in [1.807, 2.05) is 13.8 Å². The number of nitrogens with two attached hydrogens (primary N) is 1. The van der Waals surface area contributed by atoms with E-state index in [1.54, 1.807) is 22.8 Å². The molecule has 0 aliphatic heterocycles. The number of hydrogen-bond acceptors (Lipinski definition) is 3. The number of rotatable bonds is 5. The minimum Gasteiger partial charge on any atom is -0.478 e. The Labute approximate surface area is 155 Å². The van der Waals surface area contributed by atoms with Gasteiger partial charge in [-0.2, -0.15) is 0 Å². The second-order valence-electron chi connectivity index (χ2n) is 6.88. The number of nitrogens with zero attached hydrogens (tertiary/aromatic N) is 1. The van der Waals surface area contributed by atoms with Crippen LogP contribution in [-0.2, 0) is 13.1 Å². The molecule has 1 aromatic heterocycles. The van der Waals surface area contributed by atoms with Gasteiger partial charge in [-0.15, -0.1) is 0 Å². The van der Waals surface area contributed by atoms with Gasteiger partial charge in [0.25, 0.3) is 5.56 Å². The molecule has 1 heterocycles. The van der Waals surface area contributed by atoms with E-state index in [0.717, 1.165) is 0 Å². The SMILES string of the molecule is CC(C)Cn1c(CN)c(-c2ccccc2F)c2cc(C(=O)O)ccc2c1=O. The van der Waals surface area contributed by atoms with Crippen molar-refractivity contribution in [1.82, 2.24) is 4.57 Å². The van der Waals surface area contributed by atoms with Crippen LogP contribution in [0.2, 0.25) is 0 Å². The number of pyridine rings is 1. The first-order valence-electron chi connectivity index (χ1n) is 8.72. The van der Waals surface area contributed by atoms with Gasteiger partial charge in [-0.05, 0) is 35.6 Å². The van der Waals surface area contributed by atoms with Gasteiger partial charge >= 0.3 is 5.97 Å². The lowest BCUT2D eigenvalue weighted by Crippen LogP contribution is -2.28. The number of aromatic carboxylic acids is 1. The third kappa shape index (κ3) is 3.36. The Morgan fingerprint density at radius 2 is 1.89 bits per heavy atom. The standard InChI is InChI=1S/C21H21FN2O3/c1-12(2)11-24-18(10-23)19(15-5-3-4-6-17(15)22)16-9-13(21(26)27)7-8-14(16)20(24)25/h3-9,12H,10-11,23H2,1-2H3,(H,26,27). The molecule has 3 aromatic rings. The molecular formula is C21H21FN2O3. The van der Waals surface area contributed by atoms with E-state index in [4.69, 9.17) is 5.73 Å². The lowest BCUT2D eigenvalue weighted by molar-refractivity contribution is 0.0697. The highest BCUT2D eigenvalue weighted by atomic mass is 19.1. The molecule has 140 valence electrons. The molecule has 0 fully saturated rings. The van der Waals surface area contributed by atoms with Crippen LogP contribution in [-0.4, -0.2) is 15.6 Å². The van der Waals surface area contributed by atoms with Crippen molar-refractivity contribution >= 4 is 16.7 Å². The minimum atomic E-state index is -1.11. The molecule has 3 rings (SSSR count). The Morgan fingerprint density at radius 3 is 2.48 bits per heavy atom. The van der Waals surface area contributed by atoms with Gasteiger partial charge in [-0.25, -0.2) is 9.18 Å². The number of carbonyl (C=O) groups is 1. The molecule has 0 amide bonds. The smallest absolute Gasteiger partial charge is 0.335 e. The fourth-order valence-electron chi connectivity index (χ4n) is 3.36. The Hall–Kier alpha value is -2.99. The number of aromatic nitrogens is 1. The normalized spacial score (nSPS) is 11.3. The van der Waals surface area contributed by atoms with E-state index in [9.17, 15) is 19.1 Å². The number of carboxylic acids is 1. The molecule has 0 saturated heterocycles. The summed E-state index contributed by atoms with van der Waals surface area (Å²) in [6, 6.07) is 10.5. The van der Waals surface area contributed by atoms with Crippen molar-refractivity contribution in [3.63, 3.8) is 0 Å². The van der Waals surface area contributed by atoms with Crippen molar-refractivity contribution in [3.05, 3.63) is 69.9 Å². The summed E-state index contributed by atoms with van der Waals surface area (Å²) >= 11 is 0. The number of hydrogen-bond donors (Lipinski definition) is 2. The average molecular weight is 368 g/mol. The predicted molar refractivity (Wildman–Crippen MR) is 103 cm³/mol. The van der Waals surface area contributed by atoms with Crippen LogP contribution in [0.4, 0.5) is 4.39 Å². The maximum atomic E-state index is 14.6. The van der Waals surface area contributed by atoms with Crippen molar-refractivity contribution in [1.29, 1.82) is 0 Å². The molecule has 27 heavy (non-hydrogen) atoms. The molecule has 0 bridgehead atoms. The van der Waals surface area contributed by atoms with Crippen molar-refractivity contribution in [2.75, 3.05) is 0 Å². The molecule has 0 saturated carbocycles. The zero-order valence-corrected chi connectivity index (χ0v) is 15.2. The van der Waals surface area contributed by atoms with E-state index in [0.29, 0.717) is 34.1 Å². The van der Waals surface area contributed by atoms with Crippen LogP contribution >= 0.6 is 0 Å². The molecule has 0 radical (unpaired) electrons. The van der Waals surface area contributed by atoms with Crippen molar-refractivity contribution < 1.29 is 14.3 Å². The van der Waals surface area contributed by atoms with Crippen LogP contribution in [0.25, 0.3) is 21.9 Å². The van der Waals surface area contributed by atoms with Gasteiger partial charge in [0.15, 0.2) is 0 Å². The zero-order valence-electron chi connectivity index (χ0n) is 15.2. The summed E-state index contributed by atoms with van der Waals surface area (Å²) in [5.74, 6) is -1.39. The van der Waals surface area contributed by atoms with Crippen LogP contribution in [0, 0.1) is 11.7 Å². The van der Waals surface area contributed by atoms with E-state index >= 15 is 0 Å².